The van der Waals surface area contributed by atoms with E-state index in [9.17, 15) is 9.18 Å². The smallest absolute Gasteiger partial charge is 0.317 e. The van der Waals surface area contributed by atoms with E-state index < -0.39 is 0 Å². The summed E-state index contributed by atoms with van der Waals surface area (Å²) in [6.45, 7) is 3.13. The van der Waals surface area contributed by atoms with Crippen LogP contribution in [0.15, 0.2) is 48.5 Å². The number of nitrogens with one attached hydrogen (secondary N) is 1. The largest absolute Gasteiger partial charge is 0.371 e. The third-order valence-electron chi connectivity index (χ3n) is 4.82. The Kier molecular flexibility index (Phi) is 6.10. The normalized spacial score (nSPS) is 13.7. The van der Waals surface area contributed by atoms with Crippen molar-refractivity contribution >= 4 is 11.7 Å². The van der Waals surface area contributed by atoms with E-state index in [1.807, 2.05) is 18.2 Å². The lowest BCUT2D eigenvalue weighted by Gasteiger charge is -2.24. The van der Waals surface area contributed by atoms with Crippen LogP contribution in [0.1, 0.15) is 24.0 Å². The van der Waals surface area contributed by atoms with Crippen LogP contribution >= 0.6 is 0 Å². The van der Waals surface area contributed by atoms with Gasteiger partial charge in [-0.05, 0) is 42.5 Å². The van der Waals surface area contributed by atoms with Crippen LogP contribution in [0.25, 0.3) is 0 Å². The fourth-order valence-electron chi connectivity index (χ4n) is 3.38. The van der Waals surface area contributed by atoms with Gasteiger partial charge >= 0.3 is 6.03 Å². The Morgan fingerprint density at radius 1 is 1.08 bits per heavy atom. The second-order valence-corrected chi connectivity index (χ2v) is 6.75. The molecular formula is C21H26FN3O. The van der Waals surface area contributed by atoms with Crippen LogP contribution in [-0.4, -0.2) is 37.6 Å². The molecule has 0 radical (unpaired) electrons. The molecule has 2 amide bonds. The van der Waals surface area contributed by atoms with E-state index in [0.29, 0.717) is 25.1 Å². The molecule has 0 aliphatic carbocycles. The Hall–Kier alpha value is -2.56. The van der Waals surface area contributed by atoms with Gasteiger partial charge < -0.3 is 15.1 Å². The second-order valence-electron chi connectivity index (χ2n) is 6.75. The summed E-state index contributed by atoms with van der Waals surface area (Å²) in [5.74, 6) is -0.227. The summed E-state index contributed by atoms with van der Waals surface area (Å²) in [4.78, 5) is 16.4. The number of hydrogen-bond donors (Lipinski definition) is 1. The van der Waals surface area contributed by atoms with Crippen LogP contribution < -0.4 is 10.2 Å². The monoisotopic (exact) mass is 355 g/mol. The highest BCUT2D eigenvalue weighted by atomic mass is 19.1. The third-order valence-corrected chi connectivity index (χ3v) is 4.82. The highest BCUT2D eigenvalue weighted by Gasteiger charge is 2.17. The molecule has 3 rings (SSSR count). The average Bonchev–Trinajstić information content (AvgIpc) is 3.18. The summed E-state index contributed by atoms with van der Waals surface area (Å²) < 4.78 is 13.6. The number of nitrogens with zero attached hydrogens (tertiary/aromatic N) is 2. The van der Waals surface area contributed by atoms with Crippen LogP contribution in [0.5, 0.6) is 0 Å². The predicted octanol–water partition coefficient (Wildman–Crippen LogP) is 3.81. The lowest BCUT2D eigenvalue weighted by Crippen LogP contribution is -2.38. The van der Waals surface area contributed by atoms with Crippen molar-refractivity contribution in [3.63, 3.8) is 0 Å². The quantitative estimate of drug-likeness (QED) is 0.855. The Labute approximate surface area is 154 Å². The molecule has 0 saturated carbocycles. The number of amides is 2. The zero-order valence-electron chi connectivity index (χ0n) is 15.2. The number of benzene rings is 2. The van der Waals surface area contributed by atoms with Crippen molar-refractivity contribution in [3.8, 4) is 0 Å². The molecule has 26 heavy (non-hydrogen) atoms. The topological polar surface area (TPSA) is 35.6 Å². The molecule has 1 heterocycles. The number of hydrogen-bond acceptors (Lipinski definition) is 2. The number of rotatable bonds is 6. The zero-order chi connectivity index (χ0) is 18.4. The Morgan fingerprint density at radius 3 is 2.46 bits per heavy atom. The first kappa shape index (κ1) is 18.2. The summed E-state index contributed by atoms with van der Waals surface area (Å²) in [6.07, 6.45) is 2.93. The van der Waals surface area contributed by atoms with Gasteiger partial charge in [-0.2, -0.15) is 0 Å². The maximum atomic E-state index is 13.6. The maximum absolute atomic E-state index is 13.6. The van der Waals surface area contributed by atoms with Gasteiger partial charge in [0.15, 0.2) is 0 Å². The van der Waals surface area contributed by atoms with Crippen molar-refractivity contribution < 1.29 is 9.18 Å². The number of carbonyl (C=O) groups excluding carboxylic acids is 1. The van der Waals surface area contributed by atoms with Crippen LogP contribution in [-0.2, 0) is 13.0 Å². The van der Waals surface area contributed by atoms with Crippen molar-refractivity contribution in [1.29, 1.82) is 0 Å². The van der Waals surface area contributed by atoms with E-state index in [1.165, 1.54) is 24.6 Å². The van der Waals surface area contributed by atoms with E-state index >= 15 is 0 Å². The molecule has 2 aromatic carbocycles. The van der Waals surface area contributed by atoms with Gasteiger partial charge in [-0.3, -0.25) is 0 Å². The van der Waals surface area contributed by atoms with Gasteiger partial charge in [-0.15, -0.1) is 0 Å². The molecule has 0 unspecified atom stereocenters. The molecule has 0 bridgehead atoms. The lowest BCUT2D eigenvalue weighted by molar-refractivity contribution is 0.207. The highest BCUT2D eigenvalue weighted by molar-refractivity contribution is 5.74. The van der Waals surface area contributed by atoms with Gasteiger partial charge in [0.05, 0.1) is 0 Å². The molecule has 0 aromatic heterocycles. The lowest BCUT2D eigenvalue weighted by atomic mass is 10.1. The molecule has 1 aliphatic rings. The minimum absolute atomic E-state index is 0.141. The summed E-state index contributed by atoms with van der Waals surface area (Å²) in [5.41, 5.74) is 2.99. The Balaban J connectivity index is 1.54. The van der Waals surface area contributed by atoms with Crippen molar-refractivity contribution in [2.45, 2.75) is 25.8 Å². The molecule has 4 nitrogen and oxygen atoms in total. The zero-order valence-corrected chi connectivity index (χ0v) is 15.2. The minimum atomic E-state index is -0.227. The van der Waals surface area contributed by atoms with Crippen molar-refractivity contribution in [1.82, 2.24) is 10.2 Å². The standard InChI is InChI=1S/C21H26FN3O/c1-24(21(26)23-13-12-17-8-2-4-10-19(17)22)16-18-9-3-5-11-20(18)25-14-6-7-15-25/h2-5,8-11H,6-7,12-16H2,1H3,(H,23,26). The number of anilines is 1. The van der Waals surface area contributed by atoms with E-state index in [-0.39, 0.29) is 11.8 Å². The fraction of sp³-hybridized carbons (Fsp3) is 0.381. The van der Waals surface area contributed by atoms with Gasteiger partial charge in [0.25, 0.3) is 0 Å². The Bertz CT molecular complexity index is 744. The molecule has 0 spiro atoms. The molecule has 0 atom stereocenters. The molecule has 2 aromatic rings. The van der Waals surface area contributed by atoms with Gasteiger partial charge in [0, 0.05) is 38.9 Å². The van der Waals surface area contributed by atoms with Crippen molar-refractivity contribution in [2.24, 2.45) is 0 Å². The minimum Gasteiger partial charge on any atom is -0.371 e. The van der Waals surface area contributed by atoms with E-state index in [1.54, 1.807) is 24.1 Å². The van der Waals surface area contributed by atoms with Crippen molar-refractivity contribution in [3.05, 3.63) is 65.5 Å². The first-order valence-corrected chi connectivity index (χ1v) is 9.20. The summed E-state index contributed by atoms with van der Waals surface area (Å²) in [6, 6.07) is 14.8. The molecule has 1 fully saturated rings. The van der Waals surface area contributed by atoms with Gasteiger partial charge in [0.1, 0.15) is 5.82 Å². The molecule has 1 saturated heterocycles. The first-order valence-electron chi connectivity index (χ1n) is 9.20. The fourth-order valence-corrected chi connectivity index (χ4v) is 3.38. The van der Waals surface area contributed by atoms with Crippen LogP contribution in [0, 0.1) is 5.82 Å². The highest BCUT2D eigenvalue weighted by Crippen LogP contribution is 2.25. The summed E-state index contributed by atoms with van der Waals surface area (Å²) in [5, 5.41) is 2.87. The molecule has 138 valence electrons. The van der Waals surface area contributed by atoms with Gasteiger partial charge in [-0.25, -0.2) is 9.18 Å². The van der Waals surface area contributed by atoms with E-state index in [2.05, 4.69) is 22.3 Å². The first-order chi connectivity index (χ1) is 12.6. The number of para-hydroxylation sites is 1. The summed E-state index contributed by atoms with van der Waals surface area (Å²) >= 11 is 0. The SMILES string of the molecule is CN(Cc1ccccc1N1CCCC1)C(=O)NCCc1ccccc1F. The maximum Gasteiger partial charge on any atom is 0.317 e. The van der Waals surface area contributed by atoms with E-state index in [0.717, 1.165) is 18.7 Å². The number of carbonyl (C=O) groups is 1. The van der Waals surface area contributed by atoms with Gasteiger partial charge in [-0.1, -0.05) is 36.4 Å². The van der Waals surface area contributed by atoms with E-state index in [4.69, 9.17) is 0 Å². The Morgan fingerprint density at radius 2 is 1.73 bits per heavy atom. The third kappa shape index (κ3) is 4.54. The summed E-state index contributed by atoms with van der Waals surface area (Å²) in [7, 11) is 1.79. The predicted molar refractivity (Wildman–Crippen MR) is 103 cm³/mol. The molecular weight excluding hydrogens is 329 g/mol. The van der Waals surface area contributed by atoms with Crippen LogP contribution in [0.3, 0.4) is 0 Å². The van der Waals surface area contributed by atoms with Crippen molar-refractivity contribution in [2.75, 3.05) is 31.6 Å². The average molecular weight is 355 g/mol. The number of urea groups is 1. The van der Waals surface area contributed by atoms with Crippen LogP contribution in [0.2, 0.25) is 0 Å². The molecule has 1 aliphatic heterocycles. The second kappa shape index (κ2) is 8.70. The molecule has 5 heteroatoms. The van der Waals surface area contributed by atoms with Gasteiger partial charge in [0.2, 0.25) is 0 Å². The van der Waals surface area contributed by atoms with Crippen LogP contribution in [0.4, 0.5) is 14.9 Å². The molecule has 1 N–H and O–H groups in total. The number of halogens is 1.